The van der Waals surface area contributed by atoms with Crippen LogP contribution in [0.25, 0.3) is 10.9 Å². The first-order valence-corrected chi connectivity index (χ1v) is 9.09. The van der Waals surface area contributed by atoms with E-state index in [4.69, 9.17) is 16.7 Å². The Morgan fingerprint density at radius 1 is 1.36 bits per heavy atom. The number of carboxylic acid groups (broad SMARTS) is 1. The van der Waals surface area contributed by atoms with Crippen LogP contribution in [0.1, 0.15) is 24.8 Å². The third-order valence-corrected chi connectivity index (χ3v) is 5.36. The van der Waals surface area contributed by atoms with Gasteiger partial charge in [-0.05, 0) is 51.5 Å². The van der Waals surface area contributed by atoms with Gasteiger partial charge in [0.25, 0.3) is 0 Å². The number of aromatic nitrogens is 1. The fourth-order valence-electron chi connectivity index (χ4n) is 3.63. The summed E-state index contributed by atoms with van der Waals surface area (Å²) in [6, 6.07) is 8.27. The predicted octanol–water partition coefficient (Wildman–Crippen LogP) is 3.26. The van der Waals surface area contributed by atoms with Crippen LogP contribution in [0.4, 0.5) is 0 Å². The van der Waals surface area contributed by atoms with E-state index in [2.05, 4.69) is 16.0 Å². The number of nitrogens with zero attached hydrogens (tertiary/aromatic N) is 3. The molecule has 2 heterocycles. The number of carboxylic acids is 1. The average molecular weight is 362 g/mol. The molecule has 25 heavy (non-hydrogen) atoms. The maximum absolute atomic E-state index is 10.9. The van der Waals surface area contributed by atoms with Crippen LogP contribution >= 0.6 is 11.6 Å². The predicted molar refractivity (Wildman–Crippen MR) is 99.9 cm³/mol. The van der Waals surface area contributed by atoms with Gasteiger partial charge in [0.15, 0.2) is 0 Å². The maximum Gasteiger partial charge on any atom is 0.317 e. The number of likely N-dealkylation sites (tertiary alicyclic amines) is 1. The van der Waals surface area contributed by atoms with Crippen molar-refractivity contribution in [1.82, 2.24) is 14.8 Å². The summed E-state index contributed by atoms with van der Waals surface area (Å²) in [6.45, 7) is 2.82. The van der Waals surface area contributed by atoms with E-state index in [9.17, 15) is 4.79 Å². The first-order valence-electron chi connectivity index (χ1n) is 8.71. The lowest BCUT2D eigenvalue weighted by Gasteiger charge is -2.26. The van der Waals surface area contributed by atoms with Crippen molar-refractivity contribution in [3.05, 3.63) is 41.0 Å². The average Bonchev–Trinajstić information content (AvgIpc) is 2.82. The second-order valence-electron chi connectivity index (χ2n) is 6.77. The molecule has 134 valence electrons. The minimum atomic E-state index is -0.766. The highest BCUT2D eigenvalue weighted by Crippen LogP contribution is 2.27. The molecular formula is C19H24ClN3O2. The highest BCUT2D eigenvalue weighted by atomic mass is 35.5. The van der Waals surface area contributed by atoms with Crippen molar-refractivity contribution in [2.75, 3.05) is 26.7 Å². The molecule has 1 aromatic carbocycles. The number of rotatable bonds is 5. The molecule has 3 rings (SSSR count). The van der Waals surface area contributed by atoms with Crippen LogP contribution < -0.4 is 0 Å². The normalized spacial score (nSPS) is 19.2. The van der Waals surface area contributed by atoms with Gasteiger partial charge < -0.3 is 5.11 Å². The van der Waals surface area contributed by atoms with Crippen LogP contribution in [0, 0.1) is 0 Å². The number of aliphatic carboxylic acids is 1. The molecule has 1 saturated heterocycles. The summed E-state index contributed by atoms with van der Waals surface area (Å²) < 4.78 is 0. The molecule has 0 saturated carbocycles. The highest BCUT2D eigenvalue weighted by Gasteiger charge is 2.22. The van der Waals surface area contributed by atoms with Gasteiger partial charge >= 0.3 is 5.97 Å². The molecule has 1 N–H and O–H groups in total. The summed E-state index contributed by atoms with van der Waals surface area (Å²) in [6.07, 6.45) is 4.87. The van der Waals surface area contributed by atoms with Gasteiger partial charge in [0.05, 0.1) is 12.1 Å². The standard InChI is InChI=1S/C19H24ClN3O2/c1-22(13-18(24)25)15-5-3-10-23(11-8-15)12-16-17(20)7-6-14-4-2-9-21-19(14)16/h2,4,6-7,9,15H,3,5,8,10-13H2,1H3,(H,24,25). The Hall–Kier alpha value is -1.69. The van der Waals surface area contributed by atoms with Crippen LogP contribution in [0.3, 0.4) is 0 Å². The molecule has 1 fully saturated rings. The van der Waals surface area contributed by atoms with Crippen molar-refractivity contribution in [3.63, 3.8) is 0 Å². The summed E-state index contributed by atoms with van der Waals surface area (Å²) in [5.74, 6) is -0.766. The monoisotopic (exact) mass is 361 g/mol. The Morgan fingerprint density at radius 3 is 3.00 bits per heavy atom. The van der Waals surface area contributed by atoms with E-state index in [1.807, 2.05) is 36.3 Å². The molecule has 5 nitrogen and oxygen atoms in total. The van der Waals surface area contributed by atoms with E-state index in [0.29, 0.717) is 6.04 Å². The Morgan fingerprint density at radius 2 is 2.20 bits per heavy atom. The number of benzene rings is 1. The molecule has 0 spiro atoms. The Balaban J connectivity index is 1.70. The summed E-state index contributed by atoms with van der Waals surface area (Å²) in [5, 5.41) is 10.9. The fraction of sp³-hybridized carbons (Fsp3) is 0.474. The minimum absolute atomic E-state index is 0.101. The Kier molecular flexibility index (Phi) is 5.89. The van der Waals surface area contributed by atoms with Crippen molar-refractivity contribution >= 4 is 28.5 Å². The molecule has 6 heteroatoms. The quantitative estimate of drug-likeness (QED) is 0.885. The lowest BCUT2D eigenvalue weighted by atomic mass is 10.1. The largest absolute Gasteiger partial charge is 0.480 e. The van der Waals surface area contributed by atoms with E-state index >= 15 is 0 Å². The van der Waals surface area contributed by atoms with E-state index in [1.54, 1.807) is 0 Å². The SMILES string of the molecule is CN(CC(=O)O)C1CCCN(Cc2c(Cl)ccc3cccnc23)CC1. The van der Waals surface area contributed by atoms with Gasteiger partial charge in [0, 0.05) is 34.8 Å². The Labute approximate surface area is 153 Å². The molecular weight excluding hydrogens is 338 g/mol. The lowest BCUT2D eigenvalue weighted by molar-refractivity contribution is -0.138. The number of fused-ring (bicyclic) bond motifs is 1. The van der Waals surface area contributed by atoms with E-state index in [1.165, 1.54) is 0 Å². The summed E-state index contributed by atoms with van der Waals surface area (Å²) >= 11 is 6.46. The first-order chi connectivity index (χ1) is 12.0. The summed E-state index contributed by atoms with van der Waals surface area (Å²) in [7, 11) is 1.90. The molecule has 0 amide bonds. The van der Waals surface area contributed by atoms with Crippen LogP contribution in [0.2, 0.25) is 5.02 Å². The molecule has 0 bridgehead atoms. The van der Waals surface area contributed by atoms with Crippen molar-refractivity contribution in [2.24, 2.45) is 0 Å². The zero-order valence-electron chi connectivity index (χ0n) is 14.5. The van der Waals surface area contributed by atoms with Crippen molar-refractivity contribution in [1.29, 1.82) is 0 Å². The second-order valence-corrected chi connectivity index (χ2v) is 7.18. The molecule has 1 aromatic heterocycles. The summed E-state index contributed by atoms with van der Waals surface area (Å²) in [5.41, 5.74) is 2.05. The van der Waals surface area contributed by atoms with Crippen molar-refractivity contribution < 1.29 is 9.90 Å². The molecule has 1 aliphatic heterocycles. The number of likely N-dealkylation sites (N-methyl/N-ethyl adjacent to an activating group) is 1. The number of hydrogen-bond acceptors (Lipinski definition) is 4. The third-order valence-electron chi connectivity index (χ3n) is 5.00. The highest BCUT2D eigenvalue weighted by molar-refractivity contribution is 6.32. The number of hydrogen-bond donors (Lipinski definition) is 1. The molecule has 1 atom stereocenters. The molecule has 2 aromatic rings. The van der Waals surface area contributed by atoms with Gasteiger partial charge in [-0.15, -0.1) is 0 Å². The summed E-state index contributed by atoms with van der Waals surface area (Å²) in [4.78, 5) is 19.8. The zero-order chi connectivity index (χ0) is 17.8. The molecule has 0 radical (unpaired) electrons. The zero-order valence-corrected chi connectivity index (χ0v) is 15.2. The van der Waals surface area contributed by atoms with Crippen molar-refractivity contribution in [3.8, 4) is 0 Å². The van der Waals surface area contributed by atoms with Gasteiger partial charge in [-0.25, -0.2) is 0 Å². The smallest absolute Gasteiger partial charge is 0.317 e. The van der Waals surface area contributed by atoms with Gasteiger partial charge in [0.1, 0.15) is 0 Å². The third kappa shape index (κ3) is 4.48. The van der Waals surface area contributed by atoms with Crippen LogP contribution in [0.5, 0.6) is 0 Å². The minimum Gasteiger partial charge on any atom is -0.480 e. The van der Waals surface area contributed by atoms with Crippen LogP contribution in [0.15, 0.2) is 30.5 Å². The van der Waals surface area contributed by atoms with Gasteiger partial charge in [-0.1, -0.05) is 23.7 Å². The van der Waals surface area contributed by atoms with Crippen LogP contribution in [-0.2, 0) is 11.3 Å². The first kappa shape index (κ1) is 18.1. The topological polar surface area (TPSA) is 56.7 Å². The van der Waals surface area contributed by atoms with Crippen LogP contribution in [-0.4, -0.2) is 58.6 Å². The molecule has 0 aliphatic carbocycles. The van der Waals surface area contributed by atoms with Gasteiger partial charge in [-0.2, -0.15) is 0 Å². The van der Waals surface area contributed by atoms with Crippen molar-refractivity contribution in [2.45, 2.75) is 31.8 Å². The van der Waals surface area contributed by atoms with E-state index in [-0.39, 0.29) is 6.54 Å². The second kappa shape index (κ2) is 8.13. The van der Waals surface area contributed by atoms with Gasteiger partial charge in [0.2, 0.25) is 0 Å². The Bertz CT molecular complexity index is 753. The number of halogens is 1. The number of carbonyl (C=O) groups is 1. The molecule has 1 unspecified atom stereocenters. The number of pyridine rings is 1. The molecule has 1 aliphatic rings. The lowest BCUT2D eigenvalue weighted by Crippen LogP contribution is -2.36. The van der Waals surface area contributed by atoms with E-state index in [0.717, 1.165) is 60.4 Å². The maximum atomic E-state index is 10.9. The van der Waals surface area contributed by atoms with E-state index < -0.39 is 5.97 Å². The van der Waals surface area contributed by atoms with Gasteiger partial charge in [-0.3, -0.25) is 19.6 Å². The fourth-order valence-corrected chi connectivity index (χ4v) is 3.85.